The van der Waals surface area contributed by atoms with Gasteiger partial charge in [0.05, 0.1) is 27.5 Å². The molecule has 1 fully saturated rings. The number of halogens is 2. The third-order valence-corrected chi connectivity index (χ3v) is 6.25. The maximum Gasteiger partial charge on any atom is 0.238 e. The van der Waals surface area contributed by atoms with E-state index >= 15 is 0 Å². The molecule has 0 aliphatic carbocycles. The minimum absolute atomic E-state index is 0.161. The molecule has 2 aromatic carbocycles. The molecule has 0 atom stereocenters. The highest BCUT2D eigenvalue weighted by Crippen LogP contribution is 2.33. The van der Waals surface area contributed by atoms with Gasteiger partial charge in [0.15, 0.2) is 0 Å². The van der Waals surface area contributed by atoms with Crippen molar-refractivity contribution in [1.29, 1.82) is 0 Å². The number of thiazole rings is 1. The Kier molecular flexibility index (Phi) is 5.38. The van der Waals surface area contributed by atoms with Crippen LogP contribution in [0.25, 0.3) is 10.2 Å². The highest BCUT2D eigenvalue weighted by molar-refractivity contribution is 7.18. The van der Waals surface area contributed by atoms with Gasteiger partial charge in [-0.2, -0.15) is 0 Å². The van der Waals surface area contributed by atoms with E-state index in [1.165, 1.54) is 21.8 Å². The van der Waals surface area contributed by atoms with E-state index in [1.807, 2.05) is 18.2 Å². The molecule has 0 saturated carbocycles. The molecule has 4 rings (SSSR count). The number of nitrogens with zero attached hydrogens (tertiary/aromatic N) is 2. The first-order chi connectivity index (χ1) is 13.1. The molecular formula is C20H19ClFN3OS. The number of nitrogens with one attached hydrogen (secondary N) is 1. The van der Waals surface area contributed by atoms with Gasteiger partial charge < -0.3 is 5.32 Å². The number of rotatable bonds is 4. The Morgan fingerprint density at radius 2 is 2.04 bits per heavy atom. The predicted octanol–water partition coefficient (Wildman–Crippen LogP) is 4.91. The normalized spacial score (nSPS) is 15.9. The first-order valence-electron chi connectivity index (χ1n) is 8.91. The van der Waals surface area contributed by atoms with Gasteiger partial charge in [0.2, 0.25) is 5.91 Å². The lowest BCUT2D eigenvalue weighted by Crippen LogP contribution is -2.38. The number of amides is 1. The number of carbonyl (C=O) groups is 1. The molecule has 0 spiro atoms. The van der Waals surface area contributed by atoms with Crippen molar-refractivity contribution in [3.05, 3.63) is 58.3 Å². The Labute approximate surface area is 166 Å². The fraction of sp³-hybridized carbons (Fsp3) is 0.300. The van der Waals surface area contributed by atoms with Gasteiger partial charge in [0, 0.05) is 10.9 Å². The van der Waals surface area contributed by atoms with E-state index in [1.54, 1.807) is 17.4 Å². The van der Waals surface area contributed by atoms with Crippen LogP contribution in [0.3, 0.4) is 0 Å². The molecular weight excluding hydrogens is 385 g/mol. The van der Waals surface area contributed by atoms with Crippen LogP contribution in [-0.4, -0.2) is 35.4 Å². The van der Waals surface area contributed by atoms with E-state index in [0.29, 0.717) is 10.9 Å². The average molecular weight is 404 g/mol. The molecule has 1 aliphatic rings. The molecule has 2 heterocycles. The molecule has 1 aliphatic heterocycles. The van der Waals surface area contributed by atoms with E-state index in [4.69, 9.17) is 16.6 Å². The molecule has 27 heavy (non-hydrogen) atoms. The summed E-state index contributed by atoms with van der Waals surface area (Å²) in [4.78, 5) is 19.1. The molecule has 0 unspecified atom stereocenters. The lowest BCUT2D eigenvalue weighted by atomic mass is 9.97. The summed E-state index contributed by atoms with van der Waals surface area (Å²) < 4.78 is 15.0. The maximum absolute atomic E-state index is 13.8. The van der Waals surface area contributed by atoms with Crippen LogP contribution in [0.2, 0.25) is 5.02 Å². The molecule has 0 bridgehead atoms. The summed E-state index contributed by atoms with van der Waals surface area (Å²) >= 11 is 7.50. The van der Waals surface area contributed by atoms with Crippen LogP contribution >= 0.6 is 22.9 Å². The lowest BCUT2D eigenvalue weighted by Gasteiger charge is -2.30. The van der Waals surface area contributed by atoms with Crippen molar-refractivity contribution in [2.24, 2.45) is 0 Å². The van der Waals surface area contributed by atoms with Crippen molar-refractivity contribution in [3.8, 4) is 0 Å². The van der Waals surface area contributed by atoms with E-state index in [-0.39, 0.29) is 18.1 Å². The molecule has 1 amide bonds. The molecule has 3 aromatic rings. The van der Waals surface area contributed by atoms with Crippen molar-refractivity contribution < 1.29 is 9.18 Å². The van der Waals surface area contributed by atoms with E-state index in [9.17, 15) is 9.18 Å². The third-order valence-electron chi connectivity index (χ3n) is 4.82. The molecule has 1 saturated heterocycles. The van der Waals surface area contributed by atoms with Crippen molar-refractivity contribution in [2.75, 3.05) is 25.0 Å². The van der Waals surface area contributed by atoms with Crippen LogP contribution in [0.4, 0.5) is 10.1 Å². The zero-order chi connectivity index (χ0) is 18.8. The van der Waals surface area contributed by atoms with Crippen molar-refractivity contribution in [3.63, 3.8) is 0 Å². The predicted molar refractivity (Wildman–Crippen MR) is 108 cm³/mol. The quantitative estimate of drug-likeness (QED) is 0.673. The fourth-order valence-electron chi connectivity index (χ4n) is 3.39. The summed E-state index contributed by atoms with van der Waals surface area (Å²) in [7, 11) is 0. The van der Waals surface area contributed by atoms with Crippen LogP contribution in [0, 0.1) is 5.82 Å². The number of aromatic nitrogens is 1. The average Bonchev–Trinajstić information content (AvgIpc) is 3.09. The number of piperidine rings is 1. The van der Waals surface area contributed by atoms with Gasteiger partial charge in [-0.05, 0) is 56.3 Å². The van der Waals surface area contributed by atoms with Crippen molar-refractivity contribution >= 4 is 44.7 Å². The summed E-state index contributed by atoms with van der Waals surface area (Å²) in [5.41, 5.74) is 1.22. The fourth-order valence-corrected chi connectivity index (χ4v) is 4.68. The highest BCUT2D eigenvalue weighted by atomic mass is 35.5. The van der Waals surface area contributed by atoms with Crippen LogP contribution in [-0.2, 0) is 4.79 Å². The second-order valence-corrected chi connectivity index (χ2v) is 8.24. The summed E-state index contributed by atoms with van der Waals surface area (Å²) in [6.07, 6.45) is 1.95. The Morgan fingerprint density at radius 1 is 1.26 bits per heavy atom. The Morgan fingerprint density at radius 3 is 2.78 bits per heavy atom. The van der Waals surface area contributed by atoms with Crippen LogP contribution in [0.15, 0.2) is 42.5 Å². The summed E-state index contributed by atoms with van der Waals surface area (Å²) in [6, 6.07) is 12.4. The maximum atomic E-state index is 13.8. The topological polar surface area (TPSA) is 45.2 Å². The molecule has 140 valence electrons. The minimum Gasteiger partial charge on any atom is -0.322 e. The van der Waals surface area contributed by atoms with Gasteiger partial charge in [-0.25, -0.2) is 9.37 Å². The smallest absolute Gasteiger partial charge is 0.238 e. The van der Waals surface area contributed by atoms with E-state index in [0.717, 1.165) is 31.4 Å². The van der Waals surface area contributed by atoms with Crippen LogP contribution in [0.1, 0.15) is 23.8 Å². The Balaban J connectivity index is 1.31. The van der Waals surface area contributed by atoms with E-state index < -0.39 is 5.82 Å². The molecule has 4 nitrogen and oxygen atoms in total. The summed E-state index contributed by atoms with van der Waals surface area (Å²) in [5.74, 6) is -0.296. The molecule has 1 N–H and O–H groups in total. The zero-order valence-electron chi connectivity index (χ0n) is 14.6. The Hall–Kier alpha value is -2.02. The largest absolute Gasteiger partial charge is 0.322 e. The summed E-state index contributed by atoms with van der Waals surface area (Å²) in [6.45, 7) is 1.92. The van der Waals surface area contributed by atoms with Crippen molar-refractivity contribution in [2.45, 2.75) is 18.8 Å². The van der Waals surface area contributed by atoms with Crippen LogP contribution in [0.5, 0.6) is 0 Å². The highest BCUT2D eigenvalue weighted by Gasteiger charge is 2.24. The number of benzene rings is 2. The van der Waals surface area contributed by atoms with Gasteiger partial charge >= 0.3 is 0 Å². The van der Waals surface area contributed by atoms with Gasteiger partial charge in [-0.1, -0.05) is 23.7 Å². The Bertz CT molecular complexity index is 936. The molecule has 0 radical (unpaired) electrons. The standard InChI is InChI=1S/C20H19ClFN3OS/c21-14-5-6-16(15(22)11-14)23-19(26)12-25-9-7-13(8-10-25)20-24-17-3-1-2-4-18(17)27-20/h1-6,11,13H,7-10,12H2,(H,23,26). The van der Waals surface area contributed by atoms with Gasteiger partial charge in [0.25, 0.3) is 0 Å². The number of anilines is 1. The monoisotopic (exact) mass is 403 g/mol. The minimum atomic E-state index is -0.523. The van der Waals surface area contributed by atoms with Gasteiger partial charge in [-0.3, -0.25) is 9.69 Å². The van der Waals surface area contributed by atoms with Crippen LogP contribution < -0.4 is 5.32 Å². The number of para-hydroxylation sites is 1. The number of likely N-dealkylation sites (tertiary alicyclic amines) is 1. The SMILES string of the molecule is O=C(CN1CCC(c2nc3ccccc3s2)CC1)Nc1ccc(Cl)cc1F. The second kappa shape index (κ2) is 7.92. The van der Waals surface area contributed by atoms with Crippen molar-refractivity contribution in [1.82, 2.24) is 9.88 Å². The number of carbonyl (C=O) groups excluding carboxylic acids is 1. The third kappa shape index (κ3) is 4.29. The number of hydrogen-bond acceptors (Lipinski definition) is 4. The first-order valence-corrected chi connectivity index (χ1v) is 10.1. The van der Waals surface area contributed by atoms with Gasteiger partial charge in [-0.15, -0.1) is 11.3 Å². The summed E-state index contributed by atoms with van der Waals surface area (Å²) in [5, 5.41) is 4.11. The second-order valence-electron chi connectivity index (χ2n) is 6.74. The number of fused-ring (bicyclic) bond motifs is 1. The van der Waals surface area contributed by atoms with E-state index in [2.05, 4.69) is 16.3 Å². The lowest BCUT2D eigenvalue weighted by molar-refractivity contribution is -0.117. The van der Waals surface area contributed by atoms with Gasteiger partial charge in [0.1, 0.15) is 5.82 Å². The zero-order valence-corrected chi connectivity index (χ0v) is 16.2. The molecule has 1 aromatic heterocycles. The number of hydrogen-bond donors (Lipinski definition) is 1. The molecule has 7 heteroatoms. The first kappa shape index (κ1) is 18.3.